The van der Waals surface area contributed by atoms with Crippen LogP contribution < -0.4 is 20.5 Å². The summed E-state index contributed by atoms with van der Waals surface area (Å²) in [5.74, 6) is 2.09. The molecule has 1 atom stereocenters. The SMILES string of the molecule is COc1ccc2c(c1)NC(c1ccc(N)nc1)O2. The van der Waals surface area contributed by atoms with Crippen molar-refractivity contribution in [2.45, 2.75) is 6.23 Å². The molecule has 0 saturated heterocycles. The van der Waals surface area contributed by atoms with Gasteiger partial charge in [0.2, 0.25) is 0 Å². The van der Waals surface area contributed by atoms with Crippen LogP contribution in [0.15, 0.2) is 36.5 Å². The Balaban J connectivity index is 1.86. The van der Waals surface area contributed by atoms with Gasteiger partial charge in [-0.05, 0) is 24.3 Å². The lowest BCUT2D eigenvalue weighted by atomic mass is 10.2. The Bertz CT molecular complexity index is 569. The number of ether oxygens (including phenoxy) is 2. The summed E-state index contributed by atoms with van der Waals surface area (Å²) in [4.78, 5) is 4.05. The maximum atomic E-state index is 5.78. The van der Waals surface area contributed by atoms with Gasteiger partial charge in [-0.2, -0.15) is 0 Å². The molecule has 1 unspecified atom stereocenters. The van der Waals surface area contributed by atoms with E-state index in [0.29, 0.717) is 5.82 Å². The summed E-state index contributed by atoms with van der Waals surface area (Å²) in [5.41, 5.74) is 7.40. The summed E-state index contributed by atoms with van der Waals surface area (Å²) in [6.45, 7) is 0. The molecule has 3 rings (SSSR count). The van der Waals surface area contributed by atoms with Crippen LogP contribution in [0, 0.1) is 0 Å². The fourth-order valence-electron chi connectivity index (χ4n) is 1.87. The molecule has 0 amide bonds. The molecule has 1 aromatic carbocycles. The van der Waals surface area contributed by atoms with Crippen LogP contribution in [0.4, 0.5) is 11.5 Å². The first kappa shape index (κ1) is 10.7. The van der Waals surface area contributed by atoms with Crippen LogP contribution in [0.5, 0.6) is 11.5 Å². The number of aromatic nitrogens is 1. The average molecular weight is 243 g/mol. The molecule has 0 bridgehead atoms. The number of pyridine rings is 1. The molecule has 2 aromatic rings. The van der Waals surface area contributed by atoms with Gasteiger partial charge in [0.15, 0.2) is 6.23 Å². The monoisotopic (exact) mass is 243 g/mol. The molecule has 0 fully saturated rings. The highest BCUT2D eigenvalue weighted by molar-refractivity contribution is 5.63. The highest BCUT2D eigenvalue weighted by Gasteiger charge is 2.23. The lowest BCUT2D eigenvalue weighted by Gasteiger charge is -2.10. The number of nitrogens with zero attached hydrogens (tertiary/aromatic N) is 1. The highest BCUT2D eigenvalue weighted by atomic mass is 16.5. The number of rotatable bonds is 2. The quantitative estimate of drug-likeness (QED) is 0.846. The highest BCUT2D eigenvalue weighted by Crippen LogP contribution is 2.39. The second-order valence-electron chi connectivity index (χ2n) is 4.02. The summed E-state index contributed by atoms with van der Waals surface area (Å²) in [6, 6.07) is 9.29. The van der Waals surface area contributed by atoms with Gasteiger partial charge in [0.05, 0.1) is 12.8 Å². The summed E-state index contributed by atoms with van der Waals surface area (Å²) >= 11 is 0. The molecular formula is C13H13N3O2. The number of hydrogen-bond acceptors (Lipinski definition) is 5. The van der Waals surface area contributed by atoms with Gasteiger partial charge < -0.3 is 20.5 Å². The fraction of sp³-hybridized carbons (Fsp3) is 0.154. The van der Waals surface area contributed by atoms with Gasteiger partial charge in [-0.15, -0.1) is 0 Å². The zero-order valence-electron chi connectivity index (χ0n) is 9.88. The first-order valence-electron chi connectivity index (χ1n) is 5.59. The van der Waals surface area contributed by atoms with E-state index >= 15 is 0 Å². The van der Waals surface area contributed by atoms with Crippen molar-refractivity contribution < 1.29 is 9.47 Å². The number of fused-ring (bicyclic) bond motifs is 1. The number of nitrogens with one attached hydrogen (secondary N) is 1. The molecule has 2 heterocycles. The molecule has 92 valence electrons. The van der Waals surface area contributed by atoms with Gasteiger partial charge in [-0.3, -0.25) is 0 Å². The van der Waals surface area contributed by atoms with Gasteiger partial charge in [-0.25, -0.2) is 4.98 Å². The van der Waals surface area contributed by atoms with Gasteiger partial charge in [0, 0.05) is 17.8 Å². The summed E-state index contributed by atoms with van der Waals surface area (Å²) in [5, 5.41) is 3.26. The largest absolute Gasteiger partial charge is 0.497 e. The van der Waals surface area contributed by atoms with Crippen molar-refractivity contribution in [3.8, 4) is 11.5 Å². The van der Waals surface area contributed by atoms with E-state index in [0.717, 1.165) is 22.7 Å². The number of hydrogen-bond donors (Lipinski definition) is 2. The number of nitrogen functional groups attached to an aromatic ring is 1. The van der Waals surface area contributed by atoms with Crippen molar-refractivity contribution in [1.29, 1.82) is 0 Å². The van der Waals surface area contributed by atoms with E-state index in [4.69, 9.17) is 15.2 Å². The molecule has 5 heteroatoms. The first-order valence-corrected chi connectivity index (χ1v) is 5.59. The lowest BCUT2D eigenvalue weighted by molar-refractivity contribution is 0.259. The molecule has 5 nitrogen and oxygen atoms in total. The van der Waals surface area contributed by atoms with Crippen molar-refractivity contribution >= 4 is 11.5 Å². The Morgan fingerprint density at radius 2 is 2.22 bits per heavy atom. The second kappa shape index (κ2) is 4.10. The van der Waals surface area contributed by atoms with E-state index in [-0.39, 0.29) is 6.23 Å². The van der Waals surface area contributed by atoms with Crippen molar-refractivity contribution in [1.82, 2.24) is 4.98 Å². The number of benzene rings is 1. The zero-order chi connectivity index (χ0) is 12.5. The normalized spacial score (nSPS) is 16.6. The predicted molar refractivity (Wildman–Crippen MR) is 68.6 cm³/mol. The first-order chi connectivity index (χ1) is 8.76. The summed E-state index contributed by atoms with van der Waals surface area (Å²) < 4.78 is 11.0. The predicted octanol–water partition coefficient (Wildman–Crippen LogP) is 2.18. The maximum Gasteiger partial charge on any atom is 0.198 e. The van der Waals surface area contributed by atoms with Crippen LogP contribution in [-0.2, 0) is 0 Å². The molecule has 0 aliphatic carbocycles. The minimum absolute atomic E-state index is 0.236. The molecule has 0 spiro atoms. The van der Waals surface area contributed by atoms with Gasteiger partial charge in [0.25, 0.3) is 0 Å². The molecule has 0 radical (unpaired) electrons. The Labute approximate surface area is 105 Å². The third kappa shape index (κ3) is 1.79. The van der Waals surface area contributed by atoms with Crippen LogP contribution in [0.3, 0.4) is 0 Å². The Morgan fingerprint density at radius 3 is 2.94 bits per heavy atom. The molecule has 0 saturated carbocycles. The average Bonchev–Trinajstić information content (AvgIpc) is 2.82. The van der Waals surface area contributed by atoms with Crippen molar-refractivity contribution in [2.24, 2.45) is 0 Å². The topological polar surface area (TPSA) is 69.4 Å². The number of nitrogens with two attached hydrogens (primary N) is 1. The van der Waals surface area contributed by atoms with E-state index in [9.17, 15) is 0 Å². The van der Waals surface area contributed by atoms with Crippen molar-refractivity contribution in [3.05, 3.63) is 42.1 Å². The Morgan fingerprint density at radius 1 is 1.33 bits per heavy atom. The minimum Gasteiger partial charge on any atom is -0.497 e. The third-order valence-electron chi connectivity index (χ3n) is 2.83. The molecule has 18 heavy (non-hydrogen) atoms. The maximum absolute atomic E-state index is 5.78. The van der Waals surface area contributed by atoms with E-state index < -0.39 is 0 Å². The van der Waals surface area contributed by atoms with Crippen molar-refractivity contribution in [3.63, 3.8) is 0 Å². The molecule has 1 aliphatic rings. The standard InChI is InChI=1S/C13H13N3O2/c1-17-9-3-4-11-10(6-9)16-13(18-11)8-2-5-12(14)15-7-8/h2-7,13,16H,1H3,(H2,14,15). The van der Waals surface area contributed by atoms with Gasteiger partial charge in [-0.1, -0.05) is 0 Å². The van der Waals surface area contributed by atoms with E-state index in [1.54, 1.807) is 19.4 Å². The van der Waals surface area contributed by atoms with E-state index in [1.165, 1.54) is 0 Å². The van der Waals surface area contributed by atoms with Crippen LogP contribution >= 0.6 is 0 Å². The summed E-state index contributed by atoms with van der Waals surface area (Å²) in [6.07, 6.45) is 1.47. The van der Waals surface area contributed by atoms with Gasteiger partial charge >= 0.3 is 0 Å². The molecule has 3 N–H and O–H groups in total. The Kier molecular flexibility index (Phi) is 2.44. The van der Waals surface area contributed by atoms with E-state index in [1.807, 2.05) is 24.3 Å². The molecule has 1 aromatic heterocycles. The summed E-state index contributed by atoms with van der Waals surface area (Å²) in [7, 11) is 1.64. The van der Waals surface area contributed by atoms with Crippen molar-refractivity contribution in [2.75, 3.05) is 18.2 Å². The smallest absolute Gasteiger partial charge is 0.198 e. The van der Waals surface area contributed by atoms with Crippen LogP contribution in [0.25, 0.3) is 0 Å². The number of anilines is 2. The van der Waals surface area contributed by atoms with Crippen LogP contribution in [-0.4, -0.2) is 12.1 Å². The fourth-order valence-corrected chi connectivity index (χ4v) is 1.87. The lowest BCUT2D eigenvalue weighted by Crippen LogP contribution is -2.10. The molecular weight excluding hydrogens is 230 g/mol. The van der Waals surface area contributed by atoms with Gasteiger partial charge in [0.1, 0.15) is 17.3 Å². The molecule has 1 aliphatic heterocycles. The zero-order valence-corrected chi connectivity index (χ0v) is 9.88. The second-order valence-corrected chi connectivity index (χ2v) is 4.02. The Hall–Kier alpha value is -2.43. The van der Waals surface area contributed by atoms with E-state index in [2.05, 4.69) is 10.3 Å². The number of methoxy groups -OCH3 is 1. The minimum atomic E-state index is -0.236. The van der Waals surface area contributed by atoms with Crippen LogP contribution in [0.2, 0.25) is 0 Å². The van der Waals surface area contributed by atoms with Crippen LogP contribution in [0.1, 0.15) is 11.8 Å². The third-order valence-corrected chi connectivity index (χ3v) is 2.83.